The predicted molar refractivity (Wildman–Crippen MR) is 62.9 cm³/mol. The Morgan fingerprint density at radius 3 is 2.76 bits per heavy atom. The van der Waals surface area contributed by atoms with Crippen molar-refractivity contribution in [3.63, 3.8) is 0 Å². The van der Waals surface area contributed by atoms with Crippen LogP contribution in [0.2, 0.25) is 5.02 Å². The lowest BCUT2D eigenvalue weighted by Gasteiger charge is -2.24. The summed E-state index contributed by atoms with van der Waals surface area (Å²) in [6, 6.07) is 4.72. The zero-order valence-corrected chi connectivity index (χ0v) is 9.94. The van der Waals surface area contributed by atoms with Crippen molar-refractivity contribution >= 4 is 17.6 Å². The Labute approximate surface area is 104 Å². The molecule has 1 fully saturated rings. The highest BCUT2D eigenvalue weighted by Gasteiger charge is 2.20. The van der Waals surface area contributed by atoms with E-state index in [0.29, 0.717) is 18.2 Å². The summed E-state index contributed by atoms with van der Waals surface area (Å²) in [7, 11) is 0. The minimum absolute atomic E-state index is 0.0262. The standard InChI is InChI=1S/C12H13ClO4/c13-10-3-1-2-9(12(14)15)11(10)17-8-4-6-16-7-5-8/h1-3,8H,4-7H2,(H,14,15). The zero-order valence-electron chi connectivity index (χ0n) is 9.19. The normalized spacial score (nSPS) is 16.8. The summed E-state index contributed by atoms with van der Waals surface area (Å²) in [4.78, 5) is 11.1. The number of ether oxygens (including phenoxy) is 2. The fraction of sp³-hybridized carbons (Fsp3) is 0.417. The molecular weight excluding hydrogens is 244 g/mol. The van der Waals surface area contributed by atoms with Gasteiger partial charge in [-0.3, -0.25) is 0 Å². The summed E-state index contributed by atoms with van der Waals surface area (Å²) in [5, 5.41) is 9.39. The molecule has 4 nitrogen and oxygen atoms in total. The number of para-hydroxylation sites is 1. The van der Waals surface area contributed by atoms with Crippen LogP contribution in [0.3, 0.4) is 0 Å². The summed E-state index contributed by atoms with van der Waals surface area (Å²) in [5.41, 5.74) is 0.101. The summed E-state index contributed by atoms with van der Waals surface area (Å²) in [6.07, 6.45) is 1.48. The van der Waals surface area contributed by atoms with Gasteiger partial charge in [-0.1, -0.05) is 17.7 Å². The van der Waals surface area contributed by atoms with Gasteiger partial charge < -0.3 is 14.6 Å². The van der Waals surface area contributed by atoms with Gasteiger partial charge in [0.2, 0.25) is 0 Å². The molecule has 0 amide bonds. The summed E-state index contributed by atoms with van der Waals surface area (Å²) in [5.74, 6) is -0.775. The number of benzene rings is 1. The molecule has 1 aliphatic rings. The largest absolute Gasteiger partial charge is 0.488 e. The molecule has 92 valence electrons. The Morgan fingerprint density at radius 2 is 2.12 bits per heavy atom. The van der Waals surface area contributed by atoms with E-state index >= 15 is 0 Å². The molecule has 0 bridgehead atoms. The van der Waals surface area contributed by atoms with Crippen molar-refractivity contribution in [2.75, 3.05) is 13.2 Å². The number of halogens is 1. The molecule has 2 rings (SSSR count). The van der Waals surface area contributed by atoms with E-state index in [1.807, 2.05) is 0 Å². The first-order valence-electron chi connectivity index (χ1n) is 5.44. The third-order valence-electron chi connectivity index (χ3n) is 2.65. The van der Waals surface area contributed by atoms with Crippen LogP contribution in [0.5, 0.6) is 5.75 Å². The molecule has 1 saturated heterocycles. The van der Waals surface area contributed by atoms with Crippen molar-refractivity contribution in [3.8, 4) is 5.75 Å². The van der Waals surface area contributed by atoms with Crippen molar-refractivity contribution in [3.05, 3.63) is 28.8 Å². The average Bonchev–Trinajstić information content (AvgIpc) is 2.33. The molecule has 0 saturated carbocycles. The Bertz CT molecular complexity index is 413. The average molecular weight is 257 g/mol. The molecule has 1 N–H and O–H groups in total. The Balaban J connectivity index is 2.21. The summed E-state index contributed by atoms with van der Waals surface area (Å²) in [6.45, 7) is 1.27. The molecule has 1 aromatic carbocycles. The molecule has 0 spiro atoms. The second-order valence-corrected chi connectivity index (χ2v) is 4.26. The molecule has 0 aromatic heterocycles. The number of carboxylic acids is 1. The minimum Gasteiger partial charge on any atom is -0.488 e. The number of hydrogen-bond acceptors (Lipinski definition) is 3. The Hall–Kier alpha value is -1.26. The van der Waals surface area contributed by atoms with Crippen molar-refractivity contribution in [2.45, 2.75) is 18.9 Å². The first-order chi connectivity index (χ1) is 8.18. The van der Waals surface area contributed by atoms with Gasteiger partial charge in [0.1, 0.15) is 11.7 Å². The van der Waals surface area contributed by atoms with Crippen LogP contribution in [0.4, 0.5) is 0 Å². The first kappa shape index (κ1) is 12.2. The van der Waals surface area contributed by atoms with Gasteiger partial charge in [-0.05, 0) is 12.1 Å². The quantitative estimate of drug-likeness (QED) is 0.903. The fourth-order valence-electron chi connectivity index (χ4n) is 1.76. The molecule has 0 atom stereocenters. The zero-order chi connectivity index (χ0) is 12.3. The Morgan fingerprint density at radius 1 is 1.41 bits per heavy atom. The van der Waals surface area contributed by atoms with E-state index in [0.717, 1.165) is 12.8 Å². The molecular formula is C12H13ClO4. The van der Waals surface area contributed by atoms with E-state index < -0.39 is 5.97 Å². The number of carboxylic acid groups (broad SMARTS) is 1. The Kier molecular flexibility index (Phi) is 3.86. The van der Waals surface area contributed by atoms with Crippen molar-refractivity contribution in [1.29, 1.82) is 0 Å². The van der Waals surface area contributed by atoms with Crippen molar-refractivity contribution in [1.82, 2.24) is 0 Å². The third-order valence-corrected chi connectivity index (χ3v) is 2.95. The van der Waals surface area contributed by atoms with Gasteiger partial charge in [-0.2, -0.15) is 0 Å². The maximum absolute atomic E-state index is 11.1. The molecule has 5 heteroatoms. The lowest BCUT2D eigenvalue weighted by molar-refractivity contribution is 0.0249. The maximum atomic E-state index is 11.1. The molecule has 0 radical (unpaired) electrons. The molecule has 1 heterocycles. The van der Waals surface area contributed by atoms with Crippen molar-refractivity contribution in [2.24, 2.45) is 0 Å². The van der Waals surface area contributed by atoms with Crippen LogP contribution in [-0.2, 0) is 4.74 Å². The molecule has 17 heavy (non-hydrogen) atoms. The second kappa shape index (κ2) is 5.38. The van der Waals surface area contributed by atoms with E-state index in [2.05, 4.69) is 0 Å². The lowest BCUT2D eigenvalue weighted by atomic mass is 10.1. The number of carbonyl (C=O) groups is 1. The number of hydrogen-bond donors (Lipinski definition) is 1. The minimum atomic E-state index is -1.03. The van der Waals surface area contributed by atoms with Crippen LogP contribution in [0.15, 0.2) is 18.2 Å². The highest BCUT2D eigenvalue weighted by Crippen LogP contribution is 2.31. The van der Waals surface area contributed by atoms with E-state index in [9.17, 15) is 4.79 Å². The van der Waals surface area contributed by atoms with Gasteiger partial charge >= 0.3 is 5.97 Å². The van der Waals surface area contributed by atoms with E-state index in [4.69, 9.17) is 26.2 Å². The van der Waals surface area contributed by atoms with Gasteiger partial charge in [-0.15, -0.1) is 0 Å². The van der Waals surface area contributed by atoms with E-state index in [1.165, 1.54) is 6.07 Å². The topological polar surface area (TPSA) is 55.8 Å². The predicted octanol–water partition coefficient (Wildman–Crippen LogP) is 2.60. The van der Waals surface area contributed by atoms with Crippen molar-refractivity contribution < 1.29 is 19.4 Å². The van der Waals surface area contributed by atoms with Gasteiger partial charge in [-0.25, -0.2) is 4.79 Å². The van der Waals surface area contributed by atoms with Gasteiger partial charge in [0.15, 0.2) is 5.75 Å². The molecule has 1 aromatic rings. The van der Waals surface area contributed by atoms with Crippen LogP contribution in [0, 0.1) is 0 Å². The van der Waals surface area contributed by atoms with E-state index in [-0.39, 0.29) is 17.4 Å². The van der Waals surface area contributed by atoms with Gasteiger partial charge in [0.05, 0.1) is 18.2 Å². The smallest absolute Gasteiger partial charge is 0.339 e. The lowest BCUT2D eigenvalue weighted by Crippen LogP contribution is -2.26. The van der Waals surface area contributed by atoms with Crippen LogP contribution in [0.25, 0.3) is 0 Å². The molecule has 1 aliphatic heterocycles. The SMILES string of the molecule is O=C(O)c1cccc(Cl)c1OC1CCOCC1. The number of aromatic carboxylic acids is 1. The molecule has 0 aliphatic carbocycles. The van der Waals surface area contributed by atoms with Crippen LogP contribution in [0.1, 0.15) is 23.2 Å². The summed E-state index contributed by atoms with van der Waals surface area (Å²) < 4.78 is 10.9. The number of rotatable bonds is 3. The van der Waals surface area contributed by atoms with E-state index in [1.54, 1.807) is 12.1 Å². The second-order valence-electron chi connectivity index (χ2n) is 3.85. The highest BCUT2D eigenvalue weighted by molar-refractivity contribution is 6.32. The summed E-state index contributed by atoms with van der Waals surface area (Å²) >= 11 is 5.97. The van der Waals surface area contributed by atoms with Gasteiger partial charge in [0, 0.05) is 12.8 Å². The van der Waals surface area contributed by atoms with Gasteiger partial charge in [0.25, 0.3) is 0 Å². The monoisotopic (exact) mass is 256 g/mol. The highest BCUT2D eigenvalue weighted by atomic mass is 35.5. The van der Waals surface area contributed by atoms with Crippen LogP contribution in [-0.4, -0.2) is 30.4 Å². The van der Waals surface area contributed by atoms with Crippen LogP contribution < -0.4 is 4.74 Å². The molecule has 0 unspecified atom stereocenters. The first-order valence-corrected chi connectivity index (χ1v) is 5.82. The third kappa shape index (κ3) is 2.90. The fourth-order valence-corrected chi connectivity index (χ4v) is 1.98. The maximum Gasteiger partial charge on any atom is 0.339 e. The van der Waals surface area contributed by atoms with Crippen LogP contribution >= 0.6 is 11.6 Å².